The van der Waals surface area contributed by atoms with Gasteiger partial charge in [-0.2, -0.15) is 0 Å². The summed E-state index contributed by atoms with van der Waals surface area (Å²) >= 11 is 0. The van der Waals surface area contributed by atoms with Gasteiger partial charge in [-0.3, -0.25) is 14.4 Å². The Morgan fingerprint density at radius 2 is 1.38 bits per heavy atom. The molecule has 0 atom stereocenters. The number of carbonyl (C=O) groups excluding carboxylic acids is 3. The molecule has 2 fully saturated rings. The first-order valence-electron chi connectivity index (χ1n) is 9.39. The van der Waals surface area contributed by atoms with Crippen molar-refractivity contribution in [2.75, 3.05) is 26.2 Å². The third-order valence-electron chi connectivity index (χ3n) is 5.11. The van der Waals surface area contributed by atoms with E-state index < -0.39 is 0 Å². The van der Waals surface area contributed by atoms with Crippen LogP contribution in [0.3, 0.4) is 0 Å². The summed E-state index contributed by atoms with van der Waals surface area (Å²) < 4.78 is 0. The summed E-state index contributed by atoms with van der Waals surface area (Å²) in [4.78, 5) is 39.1. The molecule has 2 aliphatic rings. The maximum absolute atomic E-state index is 12.2. The SMILES string of the molecule is CC(=O)N1CCN(C(=O)CCC(=O)NC2CCCCCCC2)CC1. The molecule has 2 rings (SSSR count). The topological polar surface area (TPSA) is 69.7 Å². The molecule has 0 unspecified atom stereocenters. The summed E-state index contributed by atoms with van der Waals surface area (Å²) in [6.45, 7) is 3.88. The molecule has 0 aromatic heterocycles. The Balaban J connectivity index is 1.65. The monoisotopic (exact) mass is 337 g/mol. The number of rotatable bonds is 4. The minimum atomic E-state index is -0.00343. The minimum absolute atomic E-state index is 0.00343. The normalized spacial score (nSPS) is 20.2. The molecule has 1 saturated carbocycles. The van der Waals surface area contributed by atoms with Crippen molar-refractivity contribution in [3.8, 4) is 0 Å². The Morgan fingerprint density at radius 1 is 0.833 bits per heavy atom. The first-order valence-corrected chi connectivity index (χ1v) is 9.39. The lowest BCUT2D eigenvalue weighted by molar-refractivity contribution is -0.139. The summed E-state index contributed by atoms with van der Waals surface area (Å²) in [6, 6.07) is 0.284. The number of nitrogens with zero attached hydrogens (tertiary/aromatic N) is 2. The maximum Gasteiger partial charge on any atom is 0.223 e. The van der Waals surface area contributed by atoms with Gasteiger partial charge in [0.1, 0.15) is 0 Å². The van der Waals surface area contributed by atoms with Crippen molar-refractivity contribution in [2.45, 2.75) is 70.8 Å². The van der Waals surface area contributed by atoms with Crippen LogP contribution in [-0.2, 0) is 14.4 Å². The highest BCUT2D eigenvalue weighted by molar-refractivity contribution is 5.84. The van der Waals surface area contributed by atoms with Crippen LogP contribution in [0.4, 0.5) is 0 Å². The Bertz CT molecular complexity index is 437. The predicted molar refractivity (Wildman–Crippen MR) is 92.3 cm³/mol. The van der Waals surface area contributed by atoms with E-state index in [0.717, 1.165) is 12.8 Å². The Morgan fingerprint density at radius 3 is 1.96 bits per heavy atom. The molecule has 0 spiro atoms. The summed E-state index contributed by atoms with van der Waals surface area (Å²) in [5, 5.41) is 3.10. The average Bonchev–Trinajstić information content (AvgIpc) is 2.55. The molecule has 1 saturated heterocycles. The van der Waals surface area contributed by atoms with Gasteiger partial charge in [0.25, 0.3) is 0 Å². The zero-order valence-corrected chi connectivity index (χ0v) is 14.9. The predicted octanol–water partition coefficient (Wildman–Crippen LogP) is 1.69. The van der Waals surface area contributed by atoms with Gasteiger partial charge in [-0.1, -0.05) is 32.1 Å². The highest BCUT2D eigenvalue weighted by Crippen LogP contribution is 2.17. The van der Waals surface area contributed by atoms with E-state index in [9.17, 15) is 14.4 Å². The van der Waals surface area contributed by atoms with Crippen molar-refractivity contribution in [3.05, 3.63) is 0 Å². The lowest BCUT2D eigenvalue weighted by Gasteiger charge is -2.34. The molecule has 0 radical (unpaired) electrons. The number of hydrogen-bond donors (Lipinski definition) is 1. The van der Waals surface area contributed by atoms with E-state index in [0.29, 0.717) is 26.2 Å². The molecule has 0 aromatic rings. The molecule has 1 aliphatic carbocycles. The molecule has 136 valence electrons. The van der Waals surface area contributed by atoms with Crippen molar-refractivity contribution in [3.63, 3.8) is 0 Å². The van der Waals surface area contributed by atoms with E-state index in [1.165, 1.54) is 32.1 Å². The molecular formula is C18H31N3O3. The lowest BCUT2D eigenvalue weighted by atomic mass is 9.96. The molecule has 3 amide bonds. The van der Waals surface area contributed by atoms with Crippen LogP contribution >= 0.6 is 0 Å². The molecule has 6 nitrogen and oxygen atoms in total. The van der Waals surface area contributed by atoms with Crippen molar-refractivity contribution < 1.29 is 14.4 Å². The highest BCUT2D eigenvalue weighted by atomic mass is 16.2. The van der Waals surface area contributed by atoms with E-state index in [1.54, 1.807) is 16.7 Å². The van der Waals surface area contributed by atoms with E-state index >= 15 is 0 Å². The smallest absolute Gasteiger partial charge is 0.223 e. The van der Waals surface area contributed by atoms with E-state index in [2.05, 4.69) is 5.32 Å². The molecule has 24 heavy (non-hydrogen) atoms. The van der Waals surface area contributed by atoms with Crippen LogP contribution in [0.1, 0.15) is 64.7 Å². The van der Waals surface area contributed by atoms with E-state index in [1.807, 2.05) is 0 Å². The van der Waals surface area contributed by atoms with Crippen LogP contribution in [0.15, 0.2) is 0 Å². The number of nitrogens with one attached hydrogen (secondary N) is 1. The van der Waals surface area contributed by atoms with Gasteiger partial charge >= 0.3 is 0 Å². The van der Waals surface area contributed by atoms with Crippen molar-refractivity contribution in [1.29, 1.82) is 0 Å². The van der Waals surface area contributed by atoms with Crippen molar-refractivity contribution in [1.82, 2.24) is 15.1 Å². The second-order valence-electron chi connectivity index (χ2n) is 7.00. The van der Waals surface area contributed by atoms with Crippen LogP contribution in [-0.4, -0.2) is 59.7 Å². The quantitative estimate of drug-likeness (QED) is 0.849. The number of hydrogen-bond acceptors (Lipinski definition) is 3. The third kappa shape index (κ3) is 6.13. The van der Waals surface area contributed by atoms with Gasteiger partial charge in [-0.25, -0.2) is 0 Å². The first kappa shape index (κ1) is 18.7. The summed E-state index contributed by atoms with van der Waals surface area (Å²) in [7, 11) is 0. The zero-order chi connectivity index (χ0) is 17.4. The van der Waals surface area contributed by atoms with E-state index in [4.69, 9.17) is 0 Å². The van der Waals surface area contributed by atoms with Crippen LogP contribution in [0, 0.1) is 0 Å². The fourth-order valence-corrected chi connectivity index (χ4v) is 3.55. The summed E-state index contributed by atoms with van der Waals surface area (Å²) in [6.07, 6.45) is 8.86. The zero-order valence-electron chi connectivity index (χ0n) is 14.9. The molecule has 0 aromatic carbocycles. The molecule has 1 aliphatic heterocycles. The van der Waals surface area contributed by atoms with Gasteiger partial charge in [0.15, 0.2) is 0 Å². The Kier molecular flexibility index (Phi) is 7.53. The van der Waals surface area contributed by atoms with Crippen LogP contribution in [0.25, 0.3) is 0 Å². The fraction of sp³-hybridized carbons (Fsp3) is 0.833. The minimum Gasteiger partial charge on any atom is -0.353 e. The Labute approximate surface area is 144 Å². The maximum atomic E-state index is 12.2. The molecule has 1 N–H and O–H groups in total. The van der Waals surface area contributed by atoms with E-state index in [-0.39, 0.29) is 36.6 Å². The van der Waals surface area contributed by atoms with Crippen LogP contribution in [0.5, 0.6) is 0 Å². The molecule has 1 heterocycles. The average molecular weight is 337 g/mol. The highest BCUT2D eigenvalue weighted by Gasteiger charge is 2.23. The third-order valence-corrected chi connectivity index (χ3v) is 5.11. The standard InChI is InChI=1S/C18H31N3O3/c1-15(22)20-11-13-21(14-12-20)18(24)10-9-17(23)19-16-7-5-3-2-4-6-8-16/h16H,2-14H2,1H3,(H,19,23). The van der Waals surface area contributed by atoms with Crippen molar-refractivity contribution >= 4 is 17.7 Å². The molecule has 0 bridgehead atoms. The summed E-state index contributed by atoms with van der Waals surface area (Å²) in [5.41, 5.74) is 0. The van der Waals surface area contributed by atoms with Crippen molar-refractivity contribution in [2.24, 2.45) is 0 Å². The van der Waals surface area contributed by atoms with Gasteiger partial charge in [0.05, 0.1) is 0 Å². The molecular weight excluding hydrogens is 306 g/mol. The fourth-order valence-electron chi connectivity index (χ4n) is 3.55. The van der Waals surface area contributed by atoms with Gasteiger partial charge in [-0.15, -0.1) is 0 Å². The number of piperazine rings is 1. The largest absolute Gasteiger partial charge is 0.353 e. The van der Waals surface area contributed by atoms with Gasteiger partial charge in [-0.05, 0) is 12.8 Å². The molecule has 6 heteroatoms. The second kappa shape index (κ2) is 9.64. The number of carbonyl (C=O) groups is 3. The van der Waals surface area contributed by atoms with Gasteiger partial charge in [0.2, 0.25) is 17.7 Å². The lowest BCUT2D eigenvalue weighted by Crippen LogP contribution is -2.50. The second-order valence-corrected chi connectivity index (χ2v) is 7.00. The van der Waals surface area contributed by atoms with Crippen LogP contribution < -0.4 is 5.32 Å². The number of amides is 3. The van der Waals surface area contributed by atoms with Gasteiger partial charge < -0.3 is 15.1 Å². The summed E-state index contributed by atoms with van der Waals surface area (Å²) in [5.74, 6) is 0.0722. The van der Waals surface area contributed by atoms with Gasteiger partial charge in [0, 0.05) is 52.0 Å². The van der Waals surface area contributed by atoms with Crippen LogP contribution in [0.2, 0.25) is 0 Å². The first-order chi connectivity index (χ1) is 11.6. The Hall–Kier alpha value is -1.59.